The second-order valence-corrected chi connectivity index (χ2v) is 5.01. The molecule has 0 atom stereocenters. The van der Waals surface area contributed by atoms with Crippen LogP contribution in [-0.2, 0) is 0 Å². The molecular formula is C10H14BrN3O2. The zero-order chi connectivity index (χ0) is 11.6. The third kappa shape index (κ3) is 2.44. The zero-order valence-corrected chi connectivity index (χ0v) is 10.4. The summed E-state index contributed by atoms with van der Waals surface area (Å²) in [6.45, 7) is 0.967. The molecule has 3 N–H and O–H groups in total. The SMILES string of the molecule is O=c1[nH]cnc(NCC2(CCO)CC2)c1Br. The van der Waals surface area contributed by atoms with Gasteiger partial charge in [0, 0.05) is 13.2 Å². The van der Waals surface area contributed by atoms with Crippen molar-refractivity contribution in [1.29, 1.82) is 0 Å². The molecule has 1 fully saturated rings. The summed E-state index contributed by atoms with van der Waals surface area (Å²) in [5, 5.41) is 12.1. The van der Waals surface area contributed by atoms with Gasteiger partial charge < -0.3 is 15.4 Å². The van der Waals surface area contributed by atoms with E-state index in [4.69, 9.17) is 5.11 Å². The Labute approximate surface area is 101 Å². The molecule has 6 heteroatoms. The predicted octanol–water partition coefficient (Wildman–Crippen LogP) is 1.11. The highest BCUT2D eigenvalue weighted by molar-refractivity contribution is 9.10. The average Bonchev–Trinajstić information content (AvgIpc) is 3.02. The molecular weight excluding hydrogens is 274 g/mol. The van der Waals surface area contributed by atoms with Crippen LogP contribution in [0.4, 0.5) is 5.82 Å². The molecule has 0 bridgehead atoms. The Morgan fingerprint density at radius 3 is 3.00 bits per heavy atom. The summed E-state index contributed by atoms with van der Waals surface area (Å²) >= 11 is 3.19. The van der Waals surface area contributed by atoms with Crippen LogP contribution in [0.5, 0.6) is 0 Å². The minimum absolute atomic E-state index is 0.190. The van der Waals surface area contributed by atoms with Crippen molar-refractivity contribution in [2.24, 2.45) is 5.41 Å². The highest BCUT2D eigenvalue weighted by Gasteiger charge is 2.41. The molecule has 2 rings (SSSR count). The normalized spacial score (nSPS) is 17.1. The molecule has 0 amide bonds. The van der Waals surface area contributed by atoms with E-state index in [0.29, 0.717) is 10.3 Å². The number of aromatic amines is 1. The number of rotatable bonds is 5. The number of hydrogen-bond acceptors (Lipinski definition) is 4. The molecule has 5 nitrogen and oxygen atoms in total. The van der Waals surface area contributed by atoms with Crippen molar-refractivity contribution < 1.29 is 5.11 Å². The number of nitrogens with one attached hydrogen (secondary N) is 2. The van der Waals surface area contributed by atoms with Gasteiger partial charge in [-0.15, -0.1) is 0 Å². The van der Waals surface area contributed by atoms with Crippen LogP contribution in [-0.4, -0.2) is 28.2 Å². The van der Waals surface area contributed by atoms with E-state index in [-0.39, 0.29) is 17.6 Å². The lowest BCUT2D eigenvalue weighted by molar-refractivity contribution is 0.253. The molecule has 1 aliphatic carbocycles. The summed E-state index contributed by atoms with van der Waals surface area (Å²) in [6.07, 6.45) is 4.44. The van der Waals surface area contributed by atoms with Crippen LogP contribution in [0.2, 0.25) is 0 Å². The van der Waals surface area contributed by atoms with Gasteiger partial charge in [0.1, 0.15) is 10.3 Å². The van der Waals surface area contributed by atoms with E-state index in [0.717, 1.165) is 25.8 Å². The fourth-order valence-corrected chi connectivity index (χ4v) is 2.06. The second kappa shape index (κ2) is 4.55. The number of aliphatic hydroxyl groups is 1. The molecule has 1 aromatic heterocycles. The first kappa shape index (κ1) is 11.6. The lowest BCUT2D eigenvalue weighted by Crippen LogP contribution is -2.19. The molecule has 1 heterocycles. The number of aliphatic hydroxyl groups excluding tert-OH is 1. The maximum absolute atomic E-state index is 11.3. The fourth-order valence-electron chi connectivity index (χ4n) is 1.71. The highest BCUT2D eigenvalue weighted by atomic mass is 79.9. The first-order chi connectivity index (χ1) is 7.67. The number of hydrogen-bond donors (Lipinski definition) is 3. The van der Waals surface area contributed by atoms with Gasteiger partial charge in [-0.3, -0.25) is 4.79 Å². The third-order valence-corrected chi connectivity index (χ3v) is 3.76. The molecule has 0 saturated heterocycles. The molecule has 1 aliphatic rings. The minimum Gasteiger partial charge on any atom is -0.396 e. The molecule has 0 radical (unpaired) electrons. The Balaban J connectivity index is 2.00. The summed E-state index contributed by atoms with van der Waals surface area (Å²) in [4.78, 5) is 17.8. The van der Waals surface area contributed by atoms with Crippen molar-refractivity contribution in [3.63, 3.8) is 0 Å². The van der Waals surface area contributed by atoms with Crippen LogP contribution in [0.15, 0.2) is 15.6 Å². The van der Waals surface area contributed by atoms with Crippen LogP contribution in [0.25, 0.3) is 0 Å². The van der Waals surface area contributed by atoms with E-state index in [1.165, 1.54) is 6.33 Å². The molecule has 0 unspecified atom stereocenters. The van der Waals surface area contributed by atoms with Gasteiger partial charge >= 0.3 is 0 Å². The molecule has 0 aliphatic heterocycles. The van der Waals surface area contributed by atoms with Gasteiger partial charge in [-0.25, -0.2) is 4.98 Å². The van der Waals surface area contributed by atoms with E-state index in [1.807, 2.05) is 0 Å². The summed E-state index contributed by atoms with van der Waals surface area (Å²) in [5.41, 5.74) is 0.0165. The second-order valence-electron chi connectivity index (χ2n) is 4.22. The summed E-state index contributed by atoms with van der Waals surface area (Å²) in [5.74, 6) is 0.563. The van der Waals surface area contributed by atoms with Gasteiger partial charge in [0.2, 0.25) is 0 Å². The maximum Gasteiger partial charge on any atom is 0.267 e. The fraction of sp³-hybridized carbons (Fsp3) is 0.600. The van der Waals surface area contributed by atoms with E-state index in [1.54, 1.807) is 0 Å². The van der Waals surface area contributed by atoms with Gasteiger partial charge in [-0.05, 0) is 40.6 Å². The van der Waals surface area contributed by atoms with Gasteiger partial charge in [0.25, 0.3) is 5.56 Å². The number of anilines is 1. The summed E-state index contributed by atoms with van der Waals surface area (Å²) in [7, 11) is 0. The van der Waals surface area contributed by atoms with E-state index in [9.17, 15) is 4.79 Å². The Kier molecular flexibility index (Phi) is 3.30. The number of H-pyrrole nitrogens is 1. The monoisotopic (exact) mass is 287 g/mol. The van der Waals surface area contributed by atoms with Crippen molar-refractivity contribution in [2.75, 3.05) is 18.5 Å². The standard InChI is InChI=1S/C10H14BrN3O2/c11-7-8(13-6-14-9(7)16)12-5-10(1-2-10)3-4-15/h6,15H,1-5H2,(H2,12,13,14,16). The van der Waals surface area contributed by atoms with Crippen LogP contribution < -0.4 is 10.9 Å². The number of nitrogens with zero attached hydrogens (tertiary/aromatic N) is 1. The molecule has 1 aromatic rings. The molecule has 1 saturated carbocycles. The zero-order valence-electron chi connectivity index (χ0n) is 8.79. The molecule has 0 aromatic carbocycles. The third-order valence-electron chi connectivity index (χ3n) is 3.03. The van der Waals surface area contributed by atoms with Gasteiger partial charge in [0.15, 0.2) is 0 Å². The number of halogens is 1. The molecule has 0 spiro atoms. The van der Waals surface area contributed by atoms with E-state index >= 15 is 0 Å². The van der Waals surface area contributed by atoms with Crippen molar-refractivity contribution in [3.05, 3.63) is 21.2 Å². The lowest BCUT2D eigenvalue weighted by atomic mass is 10.0. The van der Waals surface area contributed by atoms with Crippen molar-refractivity contribution in [1.82, 2.24) is 9.97 Å². The Hall–Kier alpha value is -0.880. The van der Waals surface area contributed by atoms with E-state index < -0.39 is 0 Å². The first-order valence-corrected chi connectivity index (χ1v) is 6.04. The lowest BCUT2D eigenvalue weighted by Gasteiger charge is -2.15. The Morgan fingerprint density at radius 1 is 1.62 bits per heavy atom. The predicted molar refractivity (Wildman–Crippen MR) is 64.4 cm³/mol. The number of aromatic nitrogens is 2. The van der Waals surface area contributed by atoms with Gasteiger partial charge in [-0.1, -0.05) is 0 Å². The summed E-state index contributed by atoms with van der Waals surface area (Å²) in [6, 6.07) is 0. The van der Waals surface area contributed by atoms with Gasteiger partial charge in [0.05, 0.1) is 6.33 Å². The first-order valence-electron chi connectivity index (χ1n) is 5.25. The van der Waals surface area contributed by atoms with Crippen LogP contribution in [0.3, 0.4) is 0 Å². The highest BCUT2D eigenvalue weighted by Crippen LogP contribution is 2.48. The van der Waals surface area contributed by atoms with Crippen molar-refractivity contribution >= 4 is 21.7 Å². The van der Waals surface area contributed by atoms with Gasteiger partial charge in [-0.2, -0.15) is 0 Å². The van der Waals surface area contributed by atoms with Crippen LogP contribution >= 0.6 is 15.9 Å². The molecule has 16 heavy (non-hydrogen) atoms. The van der Waals surface area contributed by atoms with Crippen LogP contribution in [0, 0.1) is 5.41 Å². The quantitative estimate of drug-likeness (QED) is 0.758. The van der Waals surface area contributed by atoms with Crippen molar-refractivity contribution in [2.45, 2.75) is 19.3 Å². The van der Waals surface area contributed by atoms with Crippen LogP contribution in [0.1, 0.15) is 19.3 Å². The summed E-state index contributed by atoms with van der Waals surface area (Å²) < 4.78 is 0.426. The largest absolute Gasteiger partial charge is 0.396 e. The molecule has 88 valence electrons. The average molecular weight is 288 g/mol. The Morgan fingerprint density at radius 2 is 2.38 bits per heavy atom. The Bertz CT molecular complexity index is 428. The minimum atomic E-state index is -0.190. The maximum atomic E-state index is 11.3. The topological polar surface area (TPSA) is 78.0 Å². The van der Waals surface area contributed by atoms with E-state index in [2.05, 4.69) is 31.2 Å². The smallest absolute Gasteiger partial charge is 0.267 e. The van der Waals surface area contributed by atoms with Crippen molar-refractivity contribution in [3.8, 4) is 0 Å².